The van der Waals surface area contributed by atoms with Gasteiger partial charge in [0.05, 0.1) is 7.11 Å². The van der Waals surface area contributed by atoms with Crippen molar-refractivity contribution >= 4 is 12.0 Å². The van der Waals surface area contributed by atoms with Crippen LogP contribution in [0.4, 0.5) is 0 Å². The normalized spacial score (nSPS) is 10.4. The Morgan fingerprint density at radius 1 is 1.35 bits per heavy atom. The molecule has 0 aromatic heterocycles. The van der Waals surface area contributed by atoms with E-state index in [1.807, 2.05) is 32.0 Å². The van der Waals surface area contributed by atoms with Crippen molar-refractivity contribution in [3.63, 3.8) is 0 Å². The fraction of sp³-hybridized carbons (Fsp3) is 0.316. The van der Waals surface area contributed by atoms with Gasteiger partial charge in [-0.2, -0.15) is 0 Å². The summed E-state index contributed by atoms with van der Waals surface area (Å²) < 4.78 is 10.8. The summed E-state index contributed by atoms with van der Waals surface area (Å²) in [6.07, 6.45) is 5.00. The van der Waals surface area contributed by atoms with Crippen LogP contribution in [-0.4, -0.2) is 37.6 Å². The van der Waals surface area contributed by atoms with E-state index in [2.05, 4.69) is 13.2 Å². The molecule has 0 heterocycles. The molecule has 0 atom stereocenters. The van der Waals surface area contributed by atoms with E-state index in [0.717, 1.165) is 11.1 Å². The van der Waals surface area contributed by atoms with Crippen molar-refractivity contribution < 1.29 is 14.3 Å². The predicted octanol–water partition coefficient (Wildman–Crippen LogP) is 3.70. The predicted molar refractivity (Wildman–Crippen MR) is 94.8 cm³/mol. The van der Waals surface area contributed by atoms with Crippen LogP contribution in [0.2, 0.25) is 0 Å². The van der Waals surface area contributed by atoms with Crippen molar-refractivity contribution in [2.45, 2.75) is 13.8 Å². The average molecular weight is 315 g/mol. The van der Waals surface area contributed by atoms with Crippen LogP contribution in [0.3, 0.4) is 0 Å². The Kier molecular flexibility index (Phi) is 7.67. The Morgan fingerprint density at radius 3 is 2.65 bits per heavy atom. The second-order valence-corrected chi connectivity index (χ2v) is 5.15. The maximum atomic E-state index is 12.2. The van der Waals surface area contributed by atoms with Crippen LogP contribution in [0.25, 0.3) is 6.08 Å². The molecule has 0 aliphatic rings. The lowest BCUT2D eigenvalue weighted by atomic mass is 10.2. The smallest absolute Gasteiger partial charge is 0.246 e. The minimum Gasteiger partial charge on any atom is -0.493 e. The molecular formula is C19H25NO3. The number of hydrogen-bond donors (Lipinski definition) is 0. The highest BCUT2D eigenvalue weighted by Crippen LogP contribution is 2.28. The maximum Gasteiger partial charge on any atom is 0.246 e. The lowest BCUT2D eigenvalue weighted by Crippen LogP contribution is -2.30. The van der Waals surface area contributed by atoms with Gasteiger partial charge in [0.15, 0.2) is 11.5 Å². The fourth-order valence-electron chi connectivity index (χ4n) is 2.00. The van der Waals surface area contributed by atoms with Crippen LogP contribution in [-0.2, 0) is 4.79 Å². The lowest BCUT2D eigenvalue weighted by Gasteiger charge is -2.18. The molecule has 0 saturated heterocycles. The van der Waals surface area contributed by atoms with Gasteiger partial charge in [0.25, 0.3) is 0 Å². The largest absolute Gasteiger partial charge is 0.493 e. The van der Waals surface area contributed by atoms with Crippen molar-refractivity contribution in [3.05, 3.63) is 54.6 Å². The molecule has 4 heteroatoms. The standard InChI is InChI=1S/C19H25NO3/c1-6-12-23-17-10-8-16(13-18(17)22-5)9-11-19(21)20(7-2)14-15(3)4/h6,8-11,13H,1,3,7,12,14H2,2,4-5H3. The number of ether oxygens (including phenoxy) is 2. The number of carbonyl (C=O) groups is 1. The van der Waals surface area contributed by atoms with Gasteiger partial charge in [-0.05, 0) is 37.6 Å². The monoisotopic (exact) mass is 315 g/mol. The van der Waals surface area contributed by atoms with E-state index in [4.69, 9.17) is 9.47 Å². The second-order valence-electron chi connectivity index (χ2n) is 5.15. The molecule has 1 amide bonds. The van der Waals surface area contributed by atoms with Crippen LogP contribution in [0.1, 0.15) is 19.4 Å². The Bertz CT molecular complexity index is 590. The van der Waals surface area contributed by atoms with Gasteiger partial charge in [-0.3, -0.25) is 4.79 Å². The molecule has 0 radical (unpaired) electrons. The van der Waals surface area contributed by atoms with Crippen LogP contribution >= 0.6 is 0 Å². The molecule has 0 saturated carbocycles. The first-order valence-corrected chi connectivity index (χ1v) is 7.54. The van der Waals surface area contributed by atoms with Gasteiger partial charge in [-0.25, -0.2) is 0 Å². The first-order valence-electron chi connectivity index (χ1n) is 7.54. The Hall–Kier alpha value is -2.49. The minimum absolute atomic E-state index is 0.0403. The van der Waals surface area contributed by atoms with E-state index >= 15 is 0 Å². The first-order chi connectivity index (χ1) is 11.0. The summed E-state index contributed by atoms with van der Waals surface area (Å²) in [5.41, 5.74) is 1.83. The highest BCUT2D eigenvalue weighted by molar-refractivity contribution is 5.92. The Labute approximate surface area is 138 Å². The molecule has 23 heavy (non-hydrogen) atoms. The van der Waals surface area contributed by atoms with Crippen molar-refractivity contribution in [2.24, 2.45) is 0 Å². The summed E-state index contributed by atoms with van der Waals surface area (Å²) in [5.74, 6) is 1.23. The molecule has 1 aromatic rings. The number of hydrogen-bond acceptors (Lipinski definition) is 3. The summed E-state index contributed by atoms with van der Waals surface area (Å²) in [4.78, 5) is 13.9. The first kappa shape index (κ1) is 18.6. The van der Waals surface area contributed by atoms with Gasteiger partial charge >= 0.3 is 0 Å². The van der Waals surface area contributed by atoms with E-state index in [0.29, 0.717) is 31.2 Å². The molecule has 0 bridgehead atoms. The number of methoxy groups -OCH3 is 1. The molecule has 0 fully saturated rings. The molecule has 0 aliphatic carbocycles. The number of amides is 1. The van der Waals surface area contributed by atoms with E-state index < -0.39 is 0 Å². The van der Waals surface area contributed by atoms with Crippen molar-refractivity contribution in [1.82, 2.24) is 4.90 Å². The van der Waals surface area contributed by atoms with E-state index in [9.17, 15) is 4.79 Å². The molecule has 1 aromatic carbocycles. The van der Waals surface area contributed by atoms with Gasteiger partial charge in [0.2, 0.25) is 5.91 Å². The summed E-state index contributed by atoms with van der Waals surface area (Å²) in [6.45, 7) is 12.9. The van der Waals surface area contributed by atoms with Crippen LogP contribution in [0, 0.1) is 0 Å². The fourth-order valence-corrected chi connectivity index (χ4v) is 2.00. The summed E-state index contributed by atoms with van der Waals surface area (Å²) in [7, 11) is 1.58. The number of rotatable bonds is 9. The van der Waals surface area contributed by atoms with E-state index in [1.165, 1.54) is 0 Å². The third-order valence-corrected chi connectivity index (χ3v) is 3.12. The van der Waals surface area contributed by atoms with Crippen LogP contribution < -0.4 is 9.47 Å². The van der Waals surface area contributed by atoms with E-state index in [-0.39, 0.29) is 5.91 Å². The van der Waals surface area contributed by atoms with Gasteiger partial charge in [-0.1, -0.05) is 30.9 Å². The van der Waals surface area contributed by atoms with Crippen LogP contribution in [0.15, 0.2) is 49.1 Å². The minimum atomic E-state index is -0.0403. The van der Waals surface area contributed by atoms with Crippen molar-refractivity contribution in [2.75, 3.05) is 26.8 Å². The number of carbonyl (C=O) groups excluding carboxylic acids is 1. The average Bonchev–Trinajstić information content (AvgIpc) is 2.55. The Balaban J connectivity index is 2.84. The van der Waals surface area contributed by atoms with Crippen molar-refractivity contribution in [1.29, 1.82) is 0 Å². The zero-order valence-corrected chi connectivity index (χ0v) is 14.2. The van der Waals surface area contributed by atoms with Gasteiger partial charge in [0.1, 0.15) is 6.61 Å². The summed E-state index contributed by atoms with van der Waals surface area (Å²) >= 11 is 0. The molecule has 0 aliphatic heterocycles. The Morgan fingerprint density at radius 2 is 2.09 bits per heavy atom. The molecule has 0 unspecified atom stereocenters. The molecule has 0 spiro atoms. The highest BCUT2D eigenvalue weighted by Gasteiger charge is 2.08. The topological polar surface area (TPSA) is 38.8 Å². The van der Waals surface area contributed by atoms with Crippen molar-refractivity contribution in [3.8, 4) is 11.5 Å². The summed E-state index contributed by atoms with van der Waals surface area (Å²) in [5, 5.41) is 0. The molecule has 124 valence electrons. The maximum absolute atomic E-state index is 12.2. The van der Waals surface area contributed by atoms with Gasteiger partial charge in [-0.15, -0.1) is 0 Å². The lowest BCUT2D eigenvalue weighted by molar-refractivity contribution is -0.125. The number of nitrogens with zero attached hydrogens (tertiary/aromatic N) is 1. The second kappa shape index (κ2) is 9.51. The molecule has 4 nitrogen and oxygen atoms in total. The molecule has 1 rings (SSSR count). The third kappa shape index (κ3) is 6.02. The summed E-state index contributed by atoms with van der Waals surface area (Å²) in [6, 6.07) is 5.52. The SMILES string of the molecule is C=CCOc1ccc(C=CC(=O)N(CC)CC(=C)C)cc1OC. The number of benzene rings is 1. The number of likely N-dealkylation sites (N-methyl/N-ethyl adjacent to an activating group) is 1. The zero-order chi connectivity index (χ0) is 17.2. The quantitative estimate of drug-likeness (QED) is 0.515. The van der Waals surface area contributed by atoms with E-state index in [1.54, 1.807) is 30.2 Å². The van der Waals surface area contributed by atoms with Gasteiger partial charge in [0, 0.05) is 19.2 Å². The molecule has 0 N–H and O–H groups in total. The highest BCUT2D eigenvalue weighted by atomic mass is 16.5. The zero-order valence-electron chi connectivity index (χ0n) is 14.2. The van der Waals surface area contributed by atoms with Gasteiger partial charge < -0.3 is 14.4 Å². The third-order valence-electron chi connectivity index (χ3n) is 3.12. The van der Waals surface area contributed by atoms with Crippen LogP contribution in [0.5, 0.6) is 11.5 Å². The molecular weight excluding hydrogens is 290 g/mol.